The SMILES string of the molecule is CCNCCNS(=O)(=O)c1cc(Br)c(C)cc1Br. The standard InChI is InChI=1S/C11H16Br2N2O2S/c1-3-14-4-5-15-18(16,17)11-7-9(12)8(2)6-10(11)13/h6-7,14-15H,3-5H2,1-2H3. The van der Waals surface area contributed by atoms with Gasteiger partial charge in [0.25, 0.3) is 0 Å². The number of sulfonamides is 1. The summed E-state index contributed by atoms with van der Waals surface area (Å²) in [6.45, 7) is 5.68. The summed E-state index contributed by atoms with van der Waals surface area (Å²) in [5.74, 6) is 0. The molecule has 1 aromatic carbocycles. The van der Waals surface area contributed by atoms with E-state index in [9.17, 15) is 8.42 Å². The molecule has 2 N–H and O–H groups in total. The van der Waals surface area contributed by atoms with Gasteiger partial charge < -0.3 is 5.32 Å². The molecular formula is C11H16Br2N2O2S. The first-order chi connectivity index (χ1) is 8.38. The number of halogens is 2. The zero-order valence-electron chi connectivity index (χ0n) is 10.3. The summed E-state index contributed by atoms with van der Waals surface area (Å²) < 4.78 is 28.1. The second-order valence-corrected chi connectivity index (χ2v) is 7.23. The van der Waals surface area contributed by atoms with Gasteiger partial charge >= 0.3 is 0 Å². The van der Waals surface area contributed by atoms with Crippen LogP contribution >= 0.6 is 31.9 Å². The third kappa shape index (κ3) is 4.31. The fraction of sp³-hybridized carbons (Fsp3) is 0.455. The van der Waals surface area contributed by atoms with E-state index in [0.717, 1.165) is 16.6 Å². The molecular weight excluding hydrogens is 384 g/mol. The van der Waals surface area contributed by atoms with Crippen molar-refractivity contribution < 1.29 is 8.42 Å². The molecule has 0 amide bonds. The smallest absolute Gasteiger partial charge is 0.241 e. The van der Waals surface area contributed by atoms with Crippen LogP contribution in [0.1, 0.15) is 12.5 Å². The molecule has 102 valence electrons. The zero-order chi connectivity index (χ0) is 13.8. The van der Waals surface area contributed by atoms with Crippen LogP contribution in [0, 0.1) is 6.92 Å². The van der Waals surface area contributed by atoms with Crippen molar-refractivity contribution in [3.63, 3.8) is 0 Å². The van der Waals surface area contributed by atoms with Gasteiger partial charge in [-0.3, -0.25) is 0 Å². The van der Waals surface area contributed by atoms with Crippen LogP contribution in [0.25, 0.3) is 0 Å². The van der Waals surface area contributed by atoms with Gasteiger partial charge in [-0.05, 0) is 47.1 Å². The maximum absolute atomic E-state index is 12.1. The van der Waals surface area contributed by atoms with Gasteiger partial charge in [-0.2, -0.15) is 0 Å². The van der Waals surface area contributed by atoms with Crippen LogP contribution in [-0.2, 0) is 10.0 Å². The molecule has 0 spiro atoms. The highest BCUT2D eigenvalue weighted by Crippen LogP contribution is 2.28. The number of nitrogens with one attached hydrogen (secondary N) is 2. The Bertz CT molecular complexity index is 518. The third-order valence-electron chi connectivity index (χ3n) is 2.35. The molecule has 0 saturated heterocycles. The lowest BCUT2D eigenvalue weighted by molar-refractivity contribution is 0.577. The Labute approximate surface area is 125 Å². The van der Waals surface area contributed by atoms with E-state index in [1.807, 2.05) is 13.8 Å². The van der Waals surface area contributed by atoms with Gasteiger partial charge in [0.2, 0.25) is 10.0 Å². The molecule has 0 aliphatic heterocycles. The van der Waals surface area contributed by atoms with Crippen molar-refractivity contribution in [1.29, 1.82) is 0 Å². The Morgan fingerprint density at radius 2 is 1.83 bits per heavy atom. The topological polar surface area (TPSA) is 58.2 Å². The fourth-order valence-electron chi connectivity index (χ4n) is 1.36. The third-order valence-corrected chi connectivity index (χ3v) is 5.62. The van der Waals surface area contributed by atoms with E-state index in [2.05, 4.69) is 41.9 Å². The first-order valence-electron chi connectivity index (χ1n) is 5.54. The average Bonchev–Trinajstić information content (AvgIpc) is 2.29. The van der Waals surface area contributed by atoms with Gasteiger partial charge in [0, 0.05) is 22.0 Å². The number of rotatable bonds is 6. The van der Waals surface area contributed by atoms with Gasteiger partial charge in [-0.25, -0.2) is 13.1 Å². The average molecular weight is 400 g/mol. The summed E-state index contributed by atoms with van der Waals surface area (Å²) in [4.78, 5) is 0.247. The van der Waals surface area contributed by atoms with Crippen LogP contribution < -0.4 is 10.0 Å². The van der Waals surface area contributed by atoms with Crippen LogP contribution in [0.15, 0.2) is 26.0 Å². The van der Waals surface area contributed by atoms with Crippen LogP contribution in [0.2, 0.25) is 0 Å². The molecule has 0 radical (unpaired) electrons. The molecule has 7 heteroatoms. The molecule has 0 bridgehead atoms. The van der Waals surface area contributed by atoms with Crippen molar-refractivity contribution in [2.75, 3.05) is 19.6 Å². The molecule has 0 atom stereocenters. The van der Waals surface area contributed by atoms with Crippen molar-refractivity contribution >= 4 is 41.9 Å². The van der Waals surface area contributed by atoms with E-state index >= 15 is 0 Å². The summed E-state index contributed by atoms with van der Waals surface area (Å²) >= 11 is 6.62. The van der Waals surface area contributed by atoms with Crippen LogP contribution in [0.4, 0.5) is 0 Å². The second kappa shape index (κ2) is 7.00. The highest BCUT2D eigenvalue weighted by Gasteiger charge is 2.18. The summed E-state index contributed by atoms with van der Waals surface area (Å²) in [5, 5.41) is 3.06. The first kappa shape index (κ1) is 16.1. The Morgan fingerprint density at radius 1 is 1.17 bits per heavy atom. The van der Waals surface area contributed by atoms with Crippen molar-refractivity contribution in [3.8, 4) is 0 Å². The molecule has 1 rings (SSSR count). The summed E-state index contributed by atoms with van der Waals surface area (Å²) in [6, 6.07) is 3.39. The van der Waals surface area contributed by atoms with Crippen molar-refractivity contribution in [3.05, 3.63) is 26.6 Å². The van der Waals surface area contributed by atoms with Crippen LogP contribution in [-0.4, -0.2) is 28.1 Å². The zero-order valence-corrected chi connectivity index (χ0v) is 14.2. The number of hydrogen-bond acceptors (Lipinski definition) is 3. The van der Waals surface area contributed by atoms with E-state index in [0.29, 0.717) is 17.6 Å². The lowest BCUT2D eigenvalue weighted by Crippen LogP contribution is -2.32. The Balaban J connectivity index is 2.88. The molecule has 0 aliphatic rings. The minimum Gasteiger partial charge on any atom is -0.316 e. The minimum absolute atomic E-state index is 0.247. The molecule has 0 aliphatic carbocycles. The largest absolute Gasteiger partial charge is 0.316 e. The molecule has 0 aromatic heterocycles. The quantitative estimate of drug-likeness (QED) is 0.722. The van der Waals surface area contributed by atoms with Crippen molar-refractivity contribution in [1.82, 2.24) is 10.0 Å². The highest BCUT2D eigenvalue weighted by molar-refractivity contribution is 9.11. The van der Waals surface area contributed by atoms with Crippen molar-refractivity contribution in [2.45, 2.75) is 18.7 Å². The molecule has 18 heavy (non-hydrogen) atoms. The Kier molecular flexibility index (Phi) is 6.26. The van der Waals surface area contributed by atoms with Gasteiger partial charge in [-0.15, -0.1) is 0 Å². The van der Waals surface area contributed by atoms with E-state index in [1.165, 1.54) is 0 Å². The summed E-state index contributed by atoms with van der Waals surface area (Å²) in [5.41, 5.74) is 0.980. The van der Waals surface area contributed by atoms with E-state index < -0.39 is 10.0 Å². The van der Waals surface area contributed by atoms with Crippen LogP contribution in [0.3, 0.4) is 0 Å². The predicted octanol–water partition coefficient (Wildman–Crippen LogP) is 2.41. The summed E-state index contributed by atoms with van der Waals surface area (Å²) in [6.07, 6.45) is 0. The van der Waals surface area contributed by atoms with Gasteiger partial charge in [0.05, 0.1) is 4.90 Å². The molecule has 0 fully saturated rings. The van der Waals surface area contributed by atoms with Gasteiger partial charge in [0.15, 0.2) is 0 Å². The van der Waals surface area contributed by atoms with E-state index in [1.54, 1.807) is 12.1 Å². The Morgan fingerprint density at radius 3 is 2.44 bits per heavy atom. The molecule has 0 heterocycles. The van der Waals surface area contributed by atoms with Gasteiger partial charge in [-0.1, -0.05) is 22.9 Å². The molecule has 0 unspecified atom stereocenters. The number of benzene rings is 1. The lowest BCUT2D eigenvalue weighted by atomic mass is 10.2. The van der Waals surface area contributed by atoms with E-state index in [-0.39, 0.29) is 4.90 Å². The van der Waals surface area contributed by atoms with Crippen LogP contribution in [0.5, 0.6) is 0 Å². The molecule has 1 aromatic rings. The molecule has 0 saturated carbocycles. The first-order valence-corrected chi connectivity index (χ1v) is 8.61. The molecule has 4 nitrogen and oxygen atoms in total. The lowest BCUT2D eigenvalue weighted by Gasteiger charge is -2.10. The van der Waals surface area contributed by atoms with Crippen molar-refractivity contribution in [2.24, 2.45) is 0 Å². The second-order valence-electron chi connectivity index (χ2n) is 3.78. The maximum Gasteiger partial charge on any atom is 0.241 e. The highest BCUT2D eigenvalue weighted by atomic mass is 79.9. The number of hydrogen-bond donors (Lipinski definition) is 2. The monoisotopic (exact) mass is 398 g/mol. The van der Waals surface area contributed by atoms with Gasteiger partial charge in [0.1, 0.15) is 0 Å². The number of aryl methyl sites for hydroxylation is 1. The van der Waals surface area contributed by atoms with E-state index in [4.69, 9.17) is 0 Å². The maximum atomic E-state index is 12.1. The number of likely N-dealkylation sites (N-methyl/N-ethyl adjacent to an activating group) is 1. The predicted molar refractivity (Wildman–Crippen MR) is 80.3 cm³/mol. The normalized spacial score (nSPS) is 11.8. The summed E-state index contributed by atoms with van der Waals surface area (Å²) in [7, 11) is -3.48. The Hall–Kier alpha value is 0.0500. The minimum atomic E-state index is -3.48. The fourth-order valence-corrected chi connectivity index (χ4v) is 4.07.